The summed E-state index contributed by atoms with van der Waals surface area (Å²) in [7, 11) is 1.59. The van der Waals surface area contributed by atoms with Gasteiger partial charge in [-0.1, -0.05) is 29.3 Å². The van der Waals surface area contributed by atoms with Crippen LogP contribution in [0, 0.1) is 13.8 Å². The first-order valence-electron chi connectivity index (χ1n) is 8.81. The summed E-state index contributed by atoms with van der Waals surface area (Å²) in [5.74, 6) is 1.66. The van der Waals surface area contributed by atoms with Gasteiger partial charge in [0.1, 0.15) is 6.61 Å². The molecule has 150 valence electrons. The number of benzene rings is 2. The molecule has 0 spiro atoms. The molecule has 0 radical (unpaired) electrons. The van der Waals surface area contributed by atoms with Crippen LogP contribution in [0.3, 0.4) is 0 Å². The number of halogens is 2. The van der Waals surface area contributed by atoms with Crippen LogP contribution in [0.25, 0.3) is 0 Å². The minimum atomic E-state index is 0.340. The van der Waals surface area contributed by atoms with Crippen LogP contribution in [-0.2, 0) is 6.61 Å². The van der Waals surface area contributed by atoms with Crippen molar-refractivity contribution in [1.82, 2.24) is 9.97 Å². The van der Waals surface area contributed by atoms with E-state index in [4.69, 9.17) is 32.7 Å². The van der Waals surface area contributed by atoms with Gasteiger partial charge in [0.25, 0.3) is 0 Å². The van der Waals surface area contributed by atoms with E-state index < -0.39 is 0 Å². The average Bonchev–Trinajstić information content (AvgIpc) is 2.68. The molecule has 0 aliphatic carbocycles. The van der Waals surface area contributed by atoms with E-state index in [-0.39, 0.29) is 0 Å². The zero-order chi connectivity index (χ0) is 20.8. The van der Waals surface area contributed by atoms with Gasteiger partial charge in [0.2, 0.25) is 5.95 Å². The number of hydrogen-bond donors (Lipinski definition) is 1. The van der Waals surface area contributed by atoms with Crippen LogP contribution >= 0.6 is 23.2 Å². The van der Waals surface area contributed by atoms with Crippen molar-refractivity contribution in [1.29, 1.82) is 0 Å². The van der Waals surface area contributed by atoms with Crippen LogP contribution in [0.2, 0.25) is 10.0 Å². The number of methoxy groups -OCH3 is 1. The summed E-state index contributed by atoms with van der Waals surface area (Å²) >= 11 is 12.0. The number of aromatic nitrogens is 2. The summed E-state index contributed by atoms with van der Waals surface area (Å²) in [6.07, 6.45) is 1.66. The molecule has 3 rings (SSSR count). The second kappa shape index (κ2) is 9.58. The van der Waals surface area contributed by atoms with Crippen molar-refractivity contribution in [2.24, 2.45) is 5.10 Å². The normalized spacial score (nSPS) is 10.9. The van der Waals surface area contributed by atoms with E-state index >= 15 is 0 Å². The molecule has 3 aromatic rings. The lowest BCUT2D eigenvalue weighted by atomic mass is 10.2. The molecule has 1 aromatic heterocycles. The minimum Gasteiger partial charge on any atom is -0.493 e. The quantitative estimate of drug-likeness (QED) is 0.399. The van der Waals surface area contributed by atoms with Crippen molar-refractivity contribution < 1.29 is 9.47 Å². The van der Waals surface area contributed by atoms with Gasteiger partial charge in [0.15, 0.2) is 11.5 Å². The first-order chi connectivity index (χ1) is 13.9. The van der Waals surface area contributed by atoms with Crippen molar-refractivity contribution >= 4 is 35.4 Å². The van der Waals surface area contributed by atoms with E-state index in [0.717, 1.165) is 22.5 Å². The predicted octanol–water partition coefficient (Wildman–Crippen LogP) is 5.43. The highest BCUT2D eigenvalue weighted by atomic mass is 35.5. The number of nitrogens with zero attached hydrogens (tertiary/aromatic N) is 3. The van der Waals surface area contributed by atoms with Crippen LogP contribution in [0.4, 0.5) is 5.95 Å². The summed E-state index contributed by atoms with van der Waals surface area (Å²) in [6, 6.07) is 12.8. The third-order valence-corrected chi connectivity index (χ3v) is 4.67. The number of rotatable bonds is 7. The van der Waals surface area contributed by atoms with E-state index in [1.807, 2.05) is 44.2 Å². The molecule has 0 saturated carbocycles. The van der Waals surface area contributed by atoms with Gasteiger partial charge in [-0.3, -0.25) is 0 Å². The summed E-state index contributed by atoms with van der Waals surface area (Å²) in [5.41, 5.74) is 6.33. The second-order valence-corrected chi connectivity index (χ2v) is 7.11. The Bertz CT molecular complexity index is 1020. The van der Waals surface area contributed by atoms with E-state index in [1.165, 1.54) is 0 Å². The van der Waals surface area contributed by atoms with E-state index in [1.54, 1.807) is 25.5 Å². The van der Waals surface area contributed by atoms with E-state index in [2.05, 4.69) is 20.5 Å². The van der Waals surface area contributed by atoms with Gasteiger partial charge in [-0.2, -0.15) is 5.10 Å². The average molecular weight is 431 g/mol. The summed E-state index contributed by atoms with van der Waals surface area (Å²) in [5, 5.41) is 5.19. The predicted molar refractivity (Wildman–Crippen MR) is 117 cm³/mol. The minimum absolute atomic E-state index is 0.340. The molecule has 0 saturated heterocycles. The summed E-state index contributed by atoms with van der Waals surface area (Å²) in [6.45, 7) is 4.16. The molecule has 1 heterocycles. The van der Waals surface area contributed by atoms with Crippen molar-refractivity contribution in [2.45, 2.75) is 20.5 Å². The molecule has 0 aliphatic rings. The van der Waals surface area contributed by atoms with Crippen LogP contribution in [0.1, 0.15) is 22.5 Å². The Morgan fingerprint density at radius 3 is 2.41 bits per heavy atom. The summed E-state index contributed by atoms with van der Waals surface area (Å²) in [4.78, 5) is 8.56. The SMILES string of the molecule is COc1cc(C=NNc2nc(C)cc(C)n2)ccc1OCc1ccc(Cl)c(Cl)c1. The fraction of sp³-hybridized carbons (Fsp3) is 0.190. The maximum Gasteiger partial charge on any atom is 0.243 e. The fourth-order valence-corrected chi connectivity index (χ4v) is 2.94. The standard InChI is InChI=1S/C21H20Cl2N4O2/c1-13-8-14(2)26-21(25-13)27-24-11-15-5-7-19(20(10-15)28-3)29-12-16-4-6-17(22)18(23)9-16/h4-11H,12H2,1-3H3,(H,25,26,27). The third-order valence-electron chi connectivity index (χ3n) is 3.93. The zero-order valence-electron chi connectivity index (χ0n) is 16.2. The molecule has 2 aromatic carbocycles. The van der Waals surface area contributed by atoms with Crippen LogP contribution < -0.4 is 14.9 Å². The maximum atomic E-state index is 6.04. The second-order valence-electron chi connectivity index (χ2n) is 6.29. The molecule has 1 N–H and O–H groups in total. The summed E-state index contributed by atoms with van der Waals surface area (Å²) < 4.78 is 11.3. The Hall–Kier alpha value is -2.83. The number of anilines is 1. The highest BCUT2D eigenvalue weighted by Gasteiger charge is 2.07. The topological polar surface area (TPSA) is 68.6 Å². The van der Waals surface area contributed by atoms with Crippen molar-refractivity contribution in [3.8, 4) is 11.5 Å². The number of nitrogens with one attached hydrogen (secondary N) is 1. The number of hydrazone groups is 1. The molecule has 0 aliphatic heterocycles. The molecule has 29 heavy (non-hydrogen) atoms. The van der Waals surface area contributed by atoms with Gasteiger partial charge < -0.3 is 9.47 Å². The molecule has 0 fully saturated rings. The largest absolute Gasteiger partial charge is 0.493 e. The van der Waals surface area contributed by atoms with Gasteiger partial charge >= 0.3 is 0 Å². The van der Waals surface area contributed by atoms with Crippen LogP contribution in [0.15, 0.2) is 47.6 Å². The zero-order valence-corrected chi connectivity index (χ0v) is 17.8. The van der Waals surface area contributed by atoms with Gasteiger partial charge in [-0.05, 0) is 61.4 Å². The Morgan fingerprint density at radius 2 is 1.72 bits per heavy atom. The molecule has 8 heteroatoms. The van der Waals surface area contributed by atoms with Crippen molar-refractivity contribution in [3.63, 3.8) is 0 Å². The van der Waals surface area contributed by atoms with E-state index in [0.29, 0.717) is 34.1 Å². The van der Waals surface area contributed by atoms with Crippen LogP contribution in [0.5, 0.6) is 11.5 Å². The molecular weight excluding hydrogens is 411 g/mol. The Balaban J connectivity index is 1.66. The maximum absolute atomic E-state index is 6.04. The van der Waals surface area contributed by atoms with Crippen molar-refractivity contribution in [3.05, 3.63) is 75.0 Å². The molecule has 0 bridgehead atoms. The molecule has 0 unspecified atom stereocenters. The smallest absolute Gasteiger partial charge is 0.243 e. The first-order valence-corrected chi connectivity index (χ1v) is 9.56. The Morgan fingerprint density at radius 1 is 0.966 bits per heavy atom. The molecule has 6 nitrogen and oxygen atoms in total. The highest BCUT2D eigenvalue weighted by molar-refractivity contribution is 6.42. The first kappa shape index (κ1) is 20.9. The Kier molecular flexibility index (Phi) is 6.90. The van der Waals surface area contributed by atoms with Gasteiger partial charge in [0, 0.05) is 11.4 Å². The number of aryl methyl sites for hydroxylation is 2. The monoisotopic (exact) mass is 430 g/mol. The van der Waals surface area contributed by atoms with Gasteiger partial charge in [0.05, 0.1) is 23.4 Å². The highest BCUT2D eigenvalue weighted by Crippen LogP contribution is 2.29. The van der Waals surface area contributed by atoms with Crippen molar-refractivity contribution in [2.75, 3.05) is 12.5 Å². The third kappa shape index (κ3) is 5.82. The number of hydrogen-bond acceptors (Lipinski definition) is 6. The lowest BCUT2D eigenvalue weighted by molar-refractivity contribution is 0.284. The lowest BCUT2D eigenvalue weighted by Crippen LogP contribution is -2.00. The Labute approximate surface area is 179 Å². The van der Waals surface area contributed by atoms with E-state index in [9.17, 15) is 0 Å². The molecule has 0 atom stereocenters. The van der Waals surface area contributed by atoms with Gasteiger partial charge in [-0.15, -0.1) is 0 Å². The molecule has 0 amide bonds. The molecular formula is C21H20Cl2N4O2. The van der Waals surface area contributed by atoms with Gasteiger partial charge in [-0.25, -0.2) is 15.4 Å². The number of ether oxygens (including phenoxy) is 2. The fourth-order valence-electron chi connectivity index (χ4n) is 2.61. The van der Waals surface area contributed by atoms with Crippen LogP contribution in [-0.4, -0.2) is 23.3 Å². The lowest BCUT2D eigenvalue weighted by Gasteiger charge is -2.11.